The molecule has 38 heavy (non-hydrogen) atoms. The number of alkyl halides is 2. The lowest BCUT2D eigenvalue weighted by Crippen LogP contribution is -2.46. The van der Waals surface area contributed by atoms with Crippen LogP contribution >= 0.6 is 11.6 Å². The second-order valence-corrected chi connectivity index (χ2v) is 10.6. The third kappa shape index (κ3) is 5.64. The molecule has 9 heteroatoms. The molecule has 2 aliphatic rings. The van der Waals surface area contributed by atoms with Crippen LogP contribution in [0.15, 0.2) is 48.7 Å². The van der Waals surface area contributed by atoms with Gasteiger partial charge in [0.2, 0.25) is 0 Å². The molecule has 3 heterocycles. The standard InChI is InChI=1S/C29H33ClF2N6/c1-21-19-34-38(28(21)29(31)32)25-4-2-13-37(20-25)27-18-23(30)7-10-26(27)22-5-8-24(9-6-22)36-16-14-35(15-17-36)12-3-11-33/h5-10,18-19,25,29H,2-4,12-17,20H2,1H3. The van der Waals surface area contributed by atoms with E-state index in [1.807, 2.05) is 18.2 Å². The van der Waals surface area contributed by atoms with Crippen molar-refractivity contribution in [3.63, 3.8) is 0 Å². The molecule has 2 aromatic carbocycles. The number of hydrogen-bond donors (Lipinski definition) is 0. The summed E-state index contributed by atoms with van der Waals surface area (Å²) >= 11 is 6.45. The quantitative estimate of drug-likeness (QED) is 0.352. The number of nitriles is 1. The summed E-state index contributed by atoms with van der Waals surface area (Å²) in [6, 6.07) is 16.7. The van der Waals surface area contributed by atoms with Gasteiger partial charge in [0.15, 0.2) is 0 Å². The maximum atomic E-state index is 13.8. The largest absolute Gasteiger partial charge is 0.369 e. The number of hydrogen-bond acceptors (Lipinski definition) is 5. The zero-order valence-electron chi connectivity index (χ0n) is 21.7. The van der Waals surface area contributed by atoms with E-state index < -0.39 is 6.43 Å². The van der Waals surface area contributed by atoms with E-state index in [1.54, 1.807) is 13.1 Å². The number of aryl methyl sites for hydroxylation is 1. The molecule has 1 unspecified atom stereocenters. The molecule has 6 nitrogen and oxygen atoms in total. The number of anilines is 2. The zero-order valence-corrected chi connectivity index (χ0v) is 22.4. The number of piperazine rings is 1. The Morgan fingerprint density at radius 3 is 2.53 bits per heavy atom. The molecule has 3 aromatic rings. The minimum Gasteiger partial charge on any atom is -0.369 e. The van der Waals surface area contributed by atoms with Crippen LogP contribution in [-0.4, -0.2) is 60.5 Å². The minimum absolute atomic E-state index is 0.0182. The van der Waals surface area contributed by atoms with E-state index in [0.29, 0.717) is 23.6 Å². The molecule has 0 aliphatic carbocycles. The Morgan fingerprint density at radius 1 is 1.05 bits per heavy atom. The molecule has 0 N–H and O–H groups in total. The van der Waals surface area contributed by atoms with E-state index >= 15 is 0 Å². The van der Waals surface area contributed by atoms with Crippen molar-refractivity contribution >= 4 is 23.0 Å². The average molecular weight is 539 g/mol. The Hall–Kier alpha value is -3.15. The van der Waals surface area contributed by atoms with Crippen molar-refractivity contribution < 1.29 is 8.78 Å². The average Bonchev–Trinajstić information content (AvgIpc) is 3.34. The molecule has 2 aliphatic heterocycles. The molecule has 0 bridgehead atoms. The second-order valence-electron chi connectivity index (χ2n) is 10.1. The Bertz CT molecular complexity index is 1280. The van der Waals surface area contributed by atoms with Crippen molar-refractivity contribution in [2.75, 3.05) is 55.6 Å². The third-order valence-corrected chi connectivity index (χ3v) is 7.97. The number of piperidine rings is 1. The lowest BCUT2D eigenvalue weighted by Gasteiger charge is -2.36. The fraction of sp³-hybridized carbons (Fsp3) is 0.448. The molecule has 2 fully saturated rings. The highest BCUT2D eigenvalue weighted by atomic mass is 35.5. The summed E-state index contributed by atoms with van der Waals surface area (Å²) in [6.45, 7) is 7.78. The van der Waals surface area contributed by atoms with Crippen LogP contribution < -0.4 is 9.80 Å². The van der Waals surface area contributed by atoms with Gasteiger partial charge in [0, 0.05) is 74.2 Å². The van der Waals surface area contributed by atoms with Crippen molar-refractivity contribution in [2.24, 2.45) is 0 Å². The molecule has 0 radical (unpaired) electrons. The molecule has 5 rings (SSSR count). The summed E-state index contributed by atoms with van der Waals surface area (Å²) in [6.07, 6.45) is 1.27. The summed E-state index contributed by atoms with van der Waals surface area (Å²) in [5.41, 5.74) is 4.93. The number of benzene rings is 2. The number of rotatable bonds is 7. The number of nitrogens with zero attached hydrogens (tertiary/aromatic N) is 6. The molecular formula is C29H33ClF2N6. The molecule has 1 aromatic heterocycles. The van der Waals surface area contributed by atoms with Gasteiger partial charge in [-0.05, 0) is 55.2 Å². The fourth-order valence-corrected chi connectivity index (χ4v) is 5.86. The van der Waals surface area contributed by atoms with E-state index in [4.69, 9.17) is 16.9 Å². The van der Waals surface area contributed by atoms with Gasteiger partial charge in [0.05, 0.1) is 18.3 Å². The zero-order chi connectivity index (χ0) is 26.6. The van der Waals surface area contributed by atoms with Gasteiger partial charge in [0.25, 0.3) is 6.43 Å². The van der Waals surface area contributed by atoms with Crippen molar-refractivity contribution in [3.8, 4) is 17.2 Å². The molecule has 1 atom stereocenters. The number of aromatic nitrogens is 2. The van der Waals surface area contributed by atoms with E-state index in [1.165, 1.54) is 10.4 Å². The van der Waals surface area contributed by atoms with Gasteiger partial charge in [-0.1, -0.05) is 29.8 Å². The monoisotopic (exact) mass is 538 g/mol. The molecule has 200 valence electrons. The van der Waals surface area contributed by atoms with Crippen molar-refractivity contribution in [1.29, 1.82) is 5.26 Å². The van der Waals surface area contributed by atoms with Gasteiger partial charge in [0.1, 0.15) is 5.69 Å². The fourth-order valence-electron chi connectivity index (χ4n) is 5.69. The van der Waals surface area contributed by atoms with Crippen LogP contribution in [0.5, 0.6) is 0 Å². The topological polar surface area (TPSA) is 51.3 Å². The van der Waals surface area contributed by atoms with Gasteiger partial charge in [-0.15, -0.1) is 0 Å². The first-order valence-electron chi connectivity index (χ1n) is 13.3. The predicted octanol–water partition coefficient (Wildman–Crippen LogP) is 6.33. The maximum Gasteiger partial charge on any atom is 0.280 e. The van der Waals surface area contributed by atoms with Gasteiger partial charge in [-0.3, -0.25) is 9.58 Å². The van der Waals surface area contributed by atoms with E-state index in [2.05, 4.69) is 50.1 Å². The van der Waals surface area contributed by atoms with Crippen LogP contribution in [0.1, 0.15) is 43.0 Å². The Balaban J connectivity index is 1.34. The molecule has 0 spiro atoms. The van der Waals surface area contributed by atoms with Gasteiger partial charge < -0.3 is 9.80 Å². The summed E-state index contributed by atoms with van der Waals surface area (Å²) in [7, 11) is 0. The molecule has 2 saturated heterocycles. The lowest BCUT2D eigenvalue weighted by atomic mass is 9.99. The normalized spacial score (nSPS) is 18.7. The Labute approximate surface area is 228 Å². The minimum atomic E-state index is -2.55. The predicted molar refractivity (Wildman–Crippen MR) is 148 cm³/mol. The van der Waals surface area contributed by atoms with E-state index in [-0.39, 0.29) is 11.7 Å². The third-order valence-electron chi connectivity index (χ3n) is 7.73. The molecule has 0 saturated carbocycles. The van der Waals surface area contributed by atoms with Gasteiger partial charge >= 0.3 is 0 Å². The number of halogens is 3. The van der Waals surface area contributed by atoms with Crippen LogP contribution in [0.3, 0.4) is 0 Å². The summed E-state index contributed by atoms with van der Waals surface area (Å²) in [4.78, 5) is 6.99. The van der Waals surface area contributed by atoms with Crippen LogP contribution in [-0.2, 0) is 0 Å². The lowest BCUT2D eigenvalue weighted by molar-refractivity contribution is 0.133. The first-order valence-corrected chi connectivity index (χ1v) is 13.6. The Kier molecular flexibility index (Phi) is 8.15. The first kappa shape index (κ1) is 26.5. The highest BCUT2D eigenvalue weighted by Gasteiger charge is 2.28. The van der Waals surface area contributed by atoms with Crippen molar-refractivity contribution in [3.05, 3.63) is 64.9 Å². The van der Waals surface area contributed by atoms with Crippen LogP contribution in [0.2, 0.25) is 5.02 Å². The maximum absolute atomic E-state index is 13.8. The SMILES string of the molecule is Cc1cnn(C2CCCN(c3cc(Cl)ccc3-c3ccc(N4CCN(CCC#N)CC4)cc3)C2)c1C(F)F. The molecular weight excluding hydrogens is 506 g/mol. The smallest absolute Gasteiger partial charge is 0.280 e. The van der Waals surface area contributed by atoms with Gasteiger partial charge in [-0.25, -0.2) is 8.78 Å². The van der Waals surface area contributed by atoms with Crippen molar-refractivity contribution in [2.45, 2.75) is 38.7 Å². The Morgan fingerprint density at radius 2 is 1.82 bits per heavy atom. The highest BCUT2D eigenvalue weighted by molar-refractivity contribution is 6.31. The van der Waals surface area contributed by atoms with Crippen LogP contribution in [0, 0.1) is 18.3 Å². The van der Waals surface area contributed by atoms with Crippen molar-refractivity contribution in [1.82, 2.24) is 14.7 Å². The summed E-state index contributed by atoms with van der Waals surface area (Å²) < 4.78 is 29.1. The summed E-state index contributed by atoms with van der Waals surface area (Å²) in [5.74, 6) is 0. The second kappa shape index (κ2) is 11.7. The molecule has 0 amide bonds. The van der Waals surface area contributed by atoms with E-state index in [0.717, 1.165) is 68.9 Å². The summed E-state index contributed by atoms with van der Waals surface area (Å²) in [5, 5.41) is 13.8. The first-order chi connectivity index (χ1) is 18.4. The van der Waals surface area contributed by atoms with Crippen LogP contribution in [0.4, 0.5) is 20.2 Å². The highest BCUT2D eigenvalue weighted by Crippen LogP contribution is 2.38. The van der Waals surface area contributed by atoms with Crippen LogP contribution in [0.25, 0.3) is 11.1 Å². The van der Waals surface area contributed by atoms with E-state index in [9.17, 15) is 8.78 Å². The van der Waals surface area contributed by atoms with Gasteiger partial charge in [-0.2, -0.15) is 10.4 Å².